The molecule has 1 aliphatic rings. The first-order valence-corrected chi connectivity index (χ1v) is 6.87. The van der Waals surface area contributed by atoms with E-state index in [0.717, 1.165) is 12.3 Å². The number of anilines is 1. The monoisotopic (exact) mass is 278 g/mol. The molecule has 0 radical (unpaired) electrons. The van der Waals surface area contributed by atoms with Gasteiger partial charge in [-0.1, -0.05) is 12.8 Å². The van der Waals surface area contributed by atoms with Crippen LogP contribution in [0.4, 0.5) is 5.69 Å². The van der Waals surface area contributed by atoms with Crippen LogP contribution in [-0.2, 0) is 0 Å². The van der Waals surface area contributed by atoms with E-state index in [1.807, 2.05) is 6.92 Å². The number of hydrogen-bond acceptors (Lipinski definition) is 4. The van der Waals surface area contributed by atoms with Crippen molar-refractivity contribution in [3.8, 4) is 11.5 Å². The van der Waals surface area contributed by atoms with E-state index in [9.17, 15) is 4.79 Å². The number of nitrogens with two attached hydrogens (primary N) is 1. The molecule has 110 valence electrons. The lowest BCUT2D eigenvalue weighted by Gasteiger charge is -2.16. The Hall–Kier alpha value is -1.91. The second-order valence-electron chi connectivity index (χ2n) is 5.34. The highest BCUT2D eigenvalue weighted by molar-refractivity contribution is 6.01. The second-order valence-corrected chi connectivity index (χ2v) is 5.34. The van der Waals surface area contributed by atoms with Crippen molar-refractivity contribution < 1.29 is 14.3 Å². The number of amides is 1. The number of carbonyl (C=O) groups is 1. The summed E-state index contributed by atoms with van der Waals surface area (Å²) in [5, 5.41) is 2.98. The molecule has 0 heterocycles. The number of methoxy groups -OCH3 is 2. The Kier molecular flexibility index (Phi) is 4.37. The first kappa shape index (κ1) is 14.5. The molecule has 3 N–H and O–H groups in total. The van der Waals surface area contributed by atoms with E-state index in [4.69, 9.17) is 15.2 Å². The molecule has 1 atom stereocenters. The lowest BCUT2D eigenvalue weighted by Crippen LogP contribution is -2.33. The van der Waals surface area contributed by atoms with Crippen molar-refractivity contribution in [2.24, 2.45) is 5.92 Å². The Morgan fingerprint density at radius 1 is 1.40 bits per heavy atom. The van der Waals surface area contributed by atoms with Gasteiger partial charge in [0.05, 0.1) is 25.5 Å². The van der Waals surface area contributed by atoms with Crippen molar-refractivity contribution in [1.82, 2.24) is 5.32 Å². The molecule has 0 spiro atoms. The minimum atomic E-state index is -0.187. The smallest absolute Gasteiger partial charge is 0.253 e. The van der Waals surface area contributed by atoms with E-state index in [0.29, 0.717) is 22.7 Å². The van der Waals surface area contributed by atoms with Gasteiger partial charge >= 0.3 is 0 Å². The SMILES string of the molecule is COc1cc(OC)c(N)c(C(=O)NC(C)CC2CC2)c1. The van der Waals surface area contributed by atoms with Gasteiger partial charge in [0.1, 0.15) is 11.5 Å². The average Bonchev–Trinajstić information content (AvgIpc) is 3.22. The average molecular weight is 278 g/mol. The molecule has 5 heteroatoms. The fourth-order valence-electron chi connectivity index (χ4n) is 2.29. The summed E-state index contributed by atoms with van der Waals surface area (Å²) in [5.41, 5.74) is 6.70. The van der Waals surface area contributed by atoms with Crippen LogP contribution in [0, 0.1) is 5.92 Å². The molecule has 1 unspecified atom stereocenters. The molecule has 0 saturated heterocycles. The fraction of sp³-hybridized carbons (Fsp3) is 0.533. The molecule has 0 aromatic heterocycles. The second kappa shape index (κ2) is 6.03. The Bertz CT molecular complexity index is 498. The van der Waals surface area contributed by atoms with E-state index in [-0.39, 0.29) is 11.9 Å². The summed E-state index contributed by atoms with van der Waals surface area (Å²) >= 11 is 0. The minimum Gasteiger partial charge on any atom is -0.497 e. The van der Waals surface area contributed by atoms with Crippen LogP contribution in [0.25, 0.3) is 0 Å². The van der Waals surface area contributed by atoms with Crippen molar-refractivity contribution in [2.45, 2.75) is 32.2 Å². The summed E-state index contributed by atoms with van der Waals surface area (Å²) in [6.45, 7) is 2.02. The van der Waals surface area contributed by atoms with Crippen LogP contribution >= 0.6 is 0 Å². The molecule has 1 aromatic carbocycles. The van der Waals surface area contributed by atoms with E-state index in [1.165, 1.54) is 20.0 Å². The maximum Gasteiger partial charge on any atom is 0.253 e. The number of carbonyl (C=O) groups excluding carboxylic acids is 1. The van der Waals surface area contributed by atoms with Crippen molar-refractivity contribution in [3.05, 3.63) is 17.7 Å². The van der Waals surface area contributed by atoms with Crippen LogP contribution < -0.4 is 20.5 Å². The van der Waals surface area contributed by atoms with Gasteiger partial charge in [-0.05, 0) is 25.3 Å². The molecule has 2 rings (SSSR count). The Morgan fingerprint density at radius 2 is 2.10 bits per heavy atom. The van der Waals surface area contributed by atoms with Gasteiger partial charge in [0.15, 0.2) is 0 Å². The van der Waals surface area contributed by atoms with E-state index in [2.05, 4.69) is 5.32 Å². The zero-order valence-electron chi connectivity index (χ0n) is 12.2. The first-order chi connectivity index (χ1) is 9.55. The van der Waals surface area contributed by atoms with Gasteiger partial charge in [-0.25, -0.2) is 0 Å². The normalized spacial score (nSPS) is 15.6. The summed E-state index contributed by atoms with van der Waals surface area (Å²) in [4.78, 5) is 12.3. The fourth-order valence-corrected chi connectivity index (χ4v) is 2.29. The van der Waals surface area contributed by atoms with E-state index in [1.54, 1.807) is 19.2 Å². The first-order valence-electron chi connectivity index (χ1n) is 6.87. The van der Waals surface area contributed by atoms with Crippen molar-refractivity contribution in [2.75, 3.05) is 20.0 Å². The topological polar surface area (TPSA) is 73.6 Å². The predicted octanol–water partition coefficient (Wildman–Crippen LogP) is 2.20. The van der Waals surface area contributed by atoms with Crippen LogP contribution in [0.1, 0.15) is 36.5 Å². The van der Waals surface area contributed by atoms with Gasteiger partial charge < -0.3 is 20.5 Å². The van der Waals surface area contributed by atoms with Gasteiger partial charge in [-0.15, -0.1) is 0 Å². The predicted molar refractivity (Wildman–Crippen MR) is 78.2 cm³/mol. The molecule has 5 nitrogen and oxygen atoms in total. The van der Waals surface area contributed by atoms with Crippen LogP contribution in [0.15, 0.2) is 12.1 Å². The molecule has 1 aliphatic carbocycles. The third kappa shape index (κ3) is 3.35. The van der Waals surface area contributed by atoms with E-state index >= 15 is 0 Å². The summed E-state index contributed by atoms with van der Waals surface area (Å²) < 4.78 is 10.3. The summed E-state index contributed by atoms with van der Waals surface area (Å²) in [5.74, 6) is 1.58. The Labute approximate surface area is 119 Å². The zero-order valence-corrected chi connectivity index (χ0v) is 12.2. The highest BCUT2D eigenvalue weighted by Crippen LogP contribution is 2.34. The highest BCUT2D eigenvalue weighted by Gasteiger charge is 2.25. The minimum absolute atomic E-state index is 0.145. The highest BCUT2D eigenvalue weighted by atomic mass is 16.5. The van der Waals surface area contributed by atoms with Crippen LogP contribution in [-0.4, -0.2) is 26.2 Å². The molecule has 0 bridgehead atoms. The van der Waals surface area contributed by atoms with Gasteiger partial charge in [-0.3, -0.25) is 4.79 Å². The number of ether oxygens (including phenoxy) is 2. The maximum atomic E-state index is 12.3. The number of hydrogen-bond donors (Lipinski definition) is 2. The molecule has 1 fully saturated rings. The quantitative estimate of drug-likeness (QED) is 0.782. The van der Waals surface area contributed by atoms with Gasteiger partial charge in [0, 0.05) is 12.1 Å². The standard InChI is InChI=1S/C15H22N2O3/c1-9(6-10-4-5-10)17-15(18)12-7-11(19-2)8-13(20-3)14(12)16/h7-10H,4-6,16H2,1-3H3,(H,17,18). The van der Waals surface area contributed by atoms with Crippen LogP contribution in [0.5, 0.6) is 11.5 Å². The van der Waals surface area contributed by atoms with Crippen LogP contribution in [0.3, 0.4) is 0 Å². The zero-order chi connectivity index (χ0) is 14.7. The number of benzene rings is 1. The molecular formula is C15H22N2O3. The largest absolute Gasteiger partial charge is 0.497 e. The Balaban J connectivity index is 2.14. The number of rotatable bonds is 6. The number of nitrogens with one attached hydrogen (secondary N) is 1. The molecule has 1 amide bonds. The molecule has 20 heavy (non-hydrogen) atoms. The third-order valence-corrected chi connectivity index (χ3v) is 3.58. The lowest BCUT2D eigenvalue weighted by atomic mass is 10.1. The summed E-state index contributed by atoms with van der Waals surface area (Å²) in [6.07, 6.45) is 3.57. The van der Waals surface area contributed by atoms with E-state index < -0.39 is 0 Å². The van der Waals surface area contributed by atoms with Crippen LogP contribution in [0.2, 0.25) is 0 Å². The van der Waals surface area contributed by atoms with Gasteiger partial charge in [0.25, 0.3) is 5.91 Å². The lowest BCUT2D eigenvalue weighted by molar-refractivity contribution is 0.0937. The molecule has 1 aromatic rings. The summed E-state index contributed by atoms with van der Waals surface area (Å²) in [6, 6.07) is 3.45. The molecule has 0 aliphatic heterocycles. The molecular weight excluding hydrogens is 256 g/mol. The Morgan fingerprint density at radius 3 is 2.65 bits per heavy atom. The molecule has 1 saturated carbocycles. The summed E-state index contributed by atoms with van der Waals surface area (Å²) in [7, 11) is 3.06. The van der Waals surface area contributed by atoms with Crippen molar-refractivity contribution in [3.63, 3.8) is 0 Å². The third-order valence-electron chi connectivity index (χ3n) is 3.58. The number of nitrogen functional groups attached to an aromatic ring is 1. The van der Waals surface area contributed by atoms with Crippen molar-refractivity contribution in [1.29, 1.82) is 0 Å². The van der Waals surface area contributed by atoms with Crippen molar-refractivity contribution >= 4 is 11.6 Å². The van der Waals surface area contributed by atoms with Gasteiger partial charge in [0.2, 0.25) is 0 Å². The maximum absolute atomic E-state index is 12.3. The van der Waals surface area contributed by atoms with Gasteiger partial charge in [-0.2, -0.15) is 0 Å².